The second-order valence-corrected chi connectivity index (χ2v) is 8.62. The van der Waals surface area contributed by atoms with Crippen molar-refractivity contribution in [3.05, 3.63) is 29.8 Å². The third-order valence-electron chi connectivity index (χ3n) is 4.47. The number of hydrogen-bond acceptors (Lipinski definition) is 2. The number of nitrogens with two attached hydrogens (primary N) is 1. The summed E-state index contributed by atoms with van der Waals surface area (Å²) >= 11 is 0. The van der Waals surface area contributed by atoms with E-state index < -0.39 is 22.4 Å². The smallest absolute Gasteiger partial charge is 0.160 e. The maximum absolute atomic E-state index is 13.3. The van der Waals surface area contributed by atoms with Crippen LogP contribution in [0.25, 0.3) is 0 Å². The summed E-state index contributed by atoms with van der Waals surface area (Å²) in [5.74, 6) is -1.44. The second-order valence-electron chi connectivity index (χ2n) is 6.95. The molecule has 1 aromatic carbocycles. The minimum atomic E-state index is -1.41. The molecule has 0 saturated heterocycles. The lowest BCUT2D eigenvalue weighted by Crippen LogP contribution is -2.45. The van der Waals surface area contributed by atoms with Crippen LogP contribution in [0.1, 0.15) is 40.0 Å². The van der Waals surface area contributed by atoms with E-state index in [1.165, 1.54) is 6.07 Å². The monoisotopic (exact) mass is 315 g/mol. The van der Waals surface area contributed by atoms with E-state index in [1.54, 1.807) is 0 Å². The molecule has 2 N–H and O–H groups in total. The maximum Gasteiger partial charge on any atom is 0.160 e. The fraction of sp³-hybridized carbons (Fsp3) is 0.625. The second kappa shape index (κ2) is 6.13. The molecule has 0 aromatic heterocycles. The number of benzene rings is 1. The van der Waals surface area contributed by atoms with Gasteiger partial charge in [0.2, 0.25) is 0 Å². The first-order chi connectivity index (χ1) is 9.70. The Balaban J connectivity index is 2.21. The van der Waals surface area contributed by atoms with Gasteiger partial charge >= 0.3 is 0 Å². The fourth-order valence-corrected chi connectivity index (χ4v) is 4.59. The van der Waals surface area contributed by atoms with Gasteiger partial charge in [-0.25, -0.2) is 8.78 Å². The van der Waals surface area contributed by atoms with Crippen LogP contribution in [0.5, 0.6) is 0 Å². The van der Waals surface area contributed by atoms with Crippen LogP contribution in [0.4, 0.5) is 8.78 Å². The molecule has 0 amide bonds. The normalized spacial score (nSPS) is 28.4. The molecule has 4 atom stereocenters. The van der Waals surface area contributed by atoms with Crippen molar-refractivity contribution in [3.63, 3.8) is 0 Å². The largest absolute Gasteiger partial charge is 0.327 e. The maximum atomic E-state index is 13.3. The van der Waals surface area contributed by atoms with Crippen LogP contribution in [-0.4, -0.2) is 15.5 Å². The van der Waals surface area contributed by atoms with Crippen molar-refractivity contribution in [1.29, 1.82) is 0 Å². The number of hydrogen-bond donors (Lipinski definition) is 1. The molecule has 118 valence electrons. The Morgan fingerprint density at radius 3 is 2.43 bits per heavy atom. The Morgan fingerprint density at radius 2 is 1.86 bits per heavy atom. The lowest BCUT2D eigenvalue weighted by Gasteiger charge is -2.40. The topological polar surface area (TPSA) is 43.1 Å². The summed E-state index contributed by atoms with van der Waals surface area (Å²) in [5, 5.41) is -0.201. The lowest BCUT2D eigenvalue weighted by atomic mass is 9.71. The molecule has 1 fully saturated rings. The zero-order valence-corrected chi connectivity index (χ0v) is 13.6. The van der Waals surface area contributed by atoms with Gasteiger partial charge < -0.3 is 5.73 Å². The van der Waals surface area contributed by atoms with Gasteiger partial charge in [-0.3, -0.25) is 4.21 Å². The van der Waals surface area contributed by atoms with Crippen molar-refractivity contribution in [2.45, 2.75) is 56.2 Å². The predicted molar refractivity (Wildman–Crippen MR) is 81.3 cm³/mol. The third-order valence-corrected chi connectivity index (χ3v) is 6.28. The SMILES string of the molecule is CC(C)(C)C1CCC(N)C(S(=O)c2ccc(F)c(F)c2)C1. The molecular weight excluding hydrogens is 292 g/mol. The van der Waals surface area contributed by atoms with E-state index in [0.717, 1.165) is 31.4 Å². The number of halogens is 2. The Bertz CT molecular complexity index is 542. The van der Waals surface area contributed by atoms with Gasteiger partial charge in [0.15, 0.2) is 11.6 Å². The van der Waals surface area contributed by atoms with Gasteiger partial charge in [0.05, 0.1) is 16.0 Å². The van der Waals surface area contributed by atoms with Crippen molar-refractivity contribution in [2.24, 2.45) is 17.1 Å². The Labute approximate surface area is 127 Å². The van der Waals surface area contributed by atoms with Gasteiger partial charge in [-0.15, -0.1) is 0 Å². The lowest BCUT2D eigenvalue weighted by molar-refractivity contribution is 0.173. The van der Waals surface area contributed by atoms with Gasteiger partial charge in [-0.2, -0.15) is 0 Å². The third kappa shape index (κ3) is 3.69. The van der Waals surface area contributed by atoms with Crippen molar-refractivity contribution in [1.82, 2.24) is 0 Å². The van der Waals surface area contributed by atoms with Crippen LogP contribution in [-0.2, 0) is 10.8 Å². The highest BCUT2D eigenvalue weighted by Crippen LogP contribution is 2.39. The van der Waals surface area contributed by atoms with Crippen LogP contribution >= 0.6 is 0 Å². The van der Waals surface area contributed by atoms with Crippen molar-refractivity contribution in [2.75, 3.05) is 0 Å². The first-order valence-corrected chi connectivity index (χ1v) is 8.52. The van der Waals surface area contributed by atoms with E-state index >= 15 is 0 Å². The average Bonchev–Trinajstić information content (AvgIpc) is 2.40. The average molecular weight is 315 g/mol. The van der Waals surface area contributed by atoms with Crippen LogP contribution in [0.3, 0.4) is 0 Å². The molecular formula is C16H23F2NOS. The molecule has 0 heterocycles. The molecule has 21 heavy (non-hydrogen) atoms. The molecule has 0 aliphatic heterocycles. The van der Waals surface area contributed by atoms with Gasteiger partial charge in [-0.05, 0) is 48.8 Å². The Hall–Kier alpha value is -0.810. The summed E-state index contributed by atoms with van der Waals surface area (Å²) in [5.41, 5.74) is 6.27. The Kier molecular flexibility index (Phi) is 4.83. The standard InChI is InChI=1S/C16H23F2NOS/c1-16(2,3)10-4-7-14(19)15(8-10)21(20)11-5-6-12(17)13(18)9-11/h5-6,9-10,14-15H,4,7-8,19H2,1-3H3. The molecule has 2 rings (SSSR count). The minimum absolute atomic E-state index is 0.136. The fourth-order valence-electron chi connectivity index (χ4n) is 2.96. The predicted octanol–water partition coefficient (Wildman–Crippen LogP) is 3.61. The van der Waals surface area contributed by atoms with E-state index in [9.17, 15) is 13.0 Å². The first kappa shape index (κ1) is 16.6. The molecule has 5 heteroatoms. The highest BCUT2D eigenvalue weighted by molar-refractivity contribution is 7.85. The molecule has 0 bridgehead atoms. The van der Waals surface area contributed by atoms with Crippen molar-refractivity contribution >= 4 is 10.8 Å². The van der Waals surface area contributed by atoms with E-state index in [0.29, 0.717) is 10.8 Å². The number of rotatable bonds is 2. The van der Waals surface area contributed by atoms with Crippen molar-refractivity contribution in [3.8, 4) is 0 Å². The minimum Gasteiger partial charge on any atom is -0.327 e. The van der Waals surface area contributed by atoms with Crippen LogP contribution < -0.4 is 5.73 Å². The zero-order chi connectivity index (χ0) is 15.8. The van der Waals surface area contributed by atoms with Crippen LogP contribution in [0.15, 0.2) is 23.1 Å². The van der Waals surface area contributed by atoms with Gasteiger partial charge in [0, 0.05) is 10.9 Å². The summed E-state index contributed by atoms with van der Waals surface area (Å²) in [7, 11) is -1.41. The summed E-state index contributed by atoms with van der Waals surface area (Å²) in [6.45, 7) is 6.52. The Morgan fingerprint density at radius 1 is 1.19 bits per heavy atom. The van der Waals surface area contributed by atoms with E-state index in [2.05, 4.69) is 20.8 Å². The van der Waals surface area contributed by atoms with Crippen LogP contribution in [0.2, 0.25) is 0 Å². The van der Waals surface area contributed by atoms with E-state index in [-0.39, 0.29) is 16.7 Å². The summed E-state index contributed by atoms with van der Waals surface area (Å²) in [6, 6.07) is 3.29. The molecule has 1 aliphatic rings. The molecule has 1 aliphatic carbocycles. The molecule has 1 saturated carbocycles. The molecule has 1 aromatic rings. The van der Waals surface area contributed by atoms with Gasteiger partial charge in [0.1, 0.15) is 0 Å². The van der Waals surface area contributed by atoms with E-state index in [4.69, 9.17) is 5.73 Å². The highest BCUT2D eigenvalue weighted by atomic mass is 32.2. The quantitative estimate of drug-likeness (QED) is 0.906. The first-order valence-electron chi connectivity index (χ1n) is 7.31. The van der Waals surface area contributed by atoms with Crippen LogP contribution in [0, 0.1) is 23.0 Å². The zero-order valence-electron chi connectivity index (χ0n) is 12.7. The van der Waals surface area contributed by atoms with E-state index in [1.807, 2.05) is 0 Å². The molecule has 4 unspecified atom stereocenters. The highest BCUT2D eigenvalue weighted by Gasteiger charge is 2.37. The van der Waals surface area contributed by atoms with Crippen molar-refractivity contribution < 1.29 is 13.0 Å². The molecule has 0 spiro atoms. The summed E-state index contributed by atoms with van der Waals surface area (Å²) in [6.07, 6.45) is 2.61. The summed E-state index contributed by atoms with van der Waals surface area (Å²) < 4.78 is 39.0. The van der Waals surface area contributed by atoms with Gasteiger partial charge in [-0.1, -0.05) is 20.8 Å². The molecule has 0 radical (unpaired) electrons. The van der Waals surface area contributed by atoms with Gasteiger partial charge in [0.25, 0.3) is 0 Å². The summed E-state index contributed by atoms with van der Waals surface area (Å²) in [4.78, 5) is 0.323. The molecule has 2 nitrogen and oxygen atoms in total.